The Morgan fingerprint density at radius 2 is 0.923 bits per heavy atom. The molecule has 0 spiro atoms. The molecule has 82 valence electrons. The van der Waals surface area contributed by atoms with E-state index < -0.39 is 0 Å². The molecule has 0 heterocycles. The average molecular weight is 222 g/mol. The number of rotatable bonds is 3. The summed E-state index contributed by atoms with van der Waals surface area (Å²) < 4.78 is 0. The Labute approximate surface area is 93.0 Å². The van der Waals surface area contributed by atoms with Crippen LogP contribution in [-0.4, -0.2) is 11.5 Å². The van der Waals surface area contributed by atoms with Crippen LogP contribution in [0.5, 0.6) is 0 Å². The highest BCUT2D eigenvalue weighted by Crippen LogP contribution is 2.33. The summed E-state index contributed by atoms with van der Waals surface area (Å²) in [6.07, 6.45) is 0. The lowest BCUT2D eigenvalue weighted by Gasteiger charge is -2.20. The van der Waals surface area contributed by atoms with Crippen molar-refractivity contribution in [1.82, 2.24) is 0 Å². The van der Waals surface area contributed by atoms with Gasteiger partial charge < -0.3 is 0 Å². The Morgan fingerprint density at radius 3 is 1.08 bits per heavy atom. The molecule has 0 aromatic rings. The van der Waals surface area contributed by atoms with Gasteiger partial charge in [0, 0.05) is 11.5 Å². The molecule has 0 fully saturated rings. The third-order valence-corrected chi connectivity index (χ3v) is 4.41. The minimum absolute atomic E-state index is 0. The van der Waals surface area contributed by atoms with Crippen molar-refractivity contribution < 1.29 is 0 Å². The lowest BCUT2D eigenvalue weighted by atomic mass is 10.0. The van der Waals surface area contributed by atoms with E-state index in [0.29, 0.717) is 10.8 Å². The highest BCUT2D eigenvalue weighted by molar-refractivity contribution is 8.76. The van der Waals surface area contributed by atoms with Crippen LogP contribution in [0.1, 0.15) is 49.0 Å². The van der Waals surface area contributed by atoms with Gasteiger partial charge in [0.15, 0.2) is 0 Å². The average Bonchev–Trinajstić information content (AvgIpc) is 1.76. The predicted molar refractivity (Wildman–Crippen MR) is 70.6 cm³/mol. The van der Waals surface area contributed by atoms with E-state index in [-0.39, 0.29) is 7.43 Å². The number of hydrogen-bond donors (Lipinski definition) is 0. The van der Waals surface area contributed by atoms with E-state index in [2.05, 4.69) is 41.5 Å². The van der Waals surface area contributed by atoms with Gasteiger partial charge in [-0.3, -0.25) is 0 Å². The van der Waals surface area contributed by atoms with Gasteiger partial charge in [0.2, 0.25) is 0 Å². The minimum Gasteiger partial charge on any atom is -0.0936 e. The van der Waals surface area contributed by atoms with Crippen molar-refractivity contribution in [2.75, 3.05) is 11.5 Å². The summed E-state index contributed by atoms with van der Waals surface area (Å²) in [5, 5.41) is 0. The Kier molecular flexibility index (Phi) is 7.74. The van der Waals surface area contributed by atoms with E-state index in [4.69, 9.17) is 0 Å². The molecule has 0 aliphatic carbocycles. The fourth-order valence-corrected chi connectivity index (χ4v) is 3.93. The third kappa shape index (κ3) is 15.5. The molecule has 0 aliphatic rings. The van der Waals surface area contributed by atoms with Gasteiger partial charge in [0.1, 0.15) is 0 Å². The summed E-state index contributed by atoms with van der Waals surface area (Å²) in [4.78, 5) is 0. The second-order valence-corrected chi connectivity index (χ2v) is 8.11. The quantitative estimate of drug-likeness (QED) is 0.481. The van der Waals surface area contributed by atoms with Crippen molar-refractivity contribution in [3.63, 3.8) is 0 Å². The van der Waals surface area contributed by atoms with Gasteiger partial charge in [-0.1, -0.05) is 70.6 Å². The molecule has 0 aromatic heterocycles. The fraction of sp³-hybridized carbons (Fsp3) is 1.00. The molecule has 0 aromatic carbocycles. The molecule has 13 heavy (non-hydrogen) atoms. The van der Waals surface area contributed by atoms with Crippen molar-refractivity contribution in [2.24, 2.45) is 10.8 Å². The zero-order chi connectivity index (χ0) is 9.83. The maximum absolute atomic E-state index is 2.29. The van der Waals surface area contributed by atoms with E-state index >= 15 is 0 Å². The first-order valence-corrected chi connectivity index (χ1v) is 6.94. The highest BCUT2D eigenvalue weighted by atomic mass is 33.1. The monoisotopic (exact) mass is 222 g/mol. The molecule has 0 saturated carbocycles. The normalized spacial score (nSPS) is 12.5. The van der Waals surface area contributed by atoms with E-state index in [0.717, 1.165) is 0 Å². The highest BCUT2D eigenvalue weighted by Gasteiger charge is 2.13. The summed E-state index contributed by atoms with van der Waals surface area (Å²) in [5.74, 6) is 2.49. The van der Waals surface area contributed by atoms with Crippen LogP contribution in [0.2, 0.25) is 0 Å². The molecule has 0 nitrogen and oxygen atoms in total. The lowest BCUT2D eigenvalue weighted by molar-refractivity contribution is 0.479. The Hall–Kier alpha value is 0.700. The minimum atomic E-state index is 0. The summed E-state index contributed by atoms with van der Waals surface area (Å²) >= 11 is 0. The second-order valence-electron chi connectivity index (χ2n) is 5.65. The molecule has 0 aliphatic heterocycles. The topological polar surface area (TPSA) is 0 Å². The van der Waals surface area contributed by atoms with Gasteiger partial charge in [-0.15, -0.1) is 0 Å². The van der Waals surface area contributed by atoms with E-state index in [1.807, 2.05) is 21.6 Å². The molecule has 0 amide bonds. The van der Waals surface area contributed by atoms with Crippen LogP contribution < -0.4 is 0 Å². The van der Waals surface area contributed by atoms with Crippen LogP contribution >= 0.6 is 21.6 Å². The smallest absolute Gasteiger partial charge is 0.00857 e. The SMILES string of the molecule is C.CC(C)(C)CSSCC(C)(C)C. The summed E-state index contributed by atoms with van der Waals surface area (Å²) in [5.41, 5.74) is 0.936. The fourth-order valence-electron chi connectivity index (χ4n) is 0.437. The standard InChI is InChI=1S/C10H22S2.CH4/c1-9(2,3)7-11-12-8-10(4,5)6;/h7-8H2,1-6H3;1H4. The zero-order valence-electron chi connectivity index (χ0n) is 9.23. The van der Waals surface area contributed by atoms with Crippen molar-refractivity contribution in [3.05, 3.63) is 0 Å². The molecule has 0 atom stereocenters. The summed E-state index contributed by atoms with van der Waals surface area (Å²) in [6.45, 7) is 13.7. The molecular formula is C11H26S2. The molecule has 0 unspecified atom stereocenters. The molecular weight excluding hydrogens is 196 g/mol. The van der Waals surface area contributed by atoms with Crippen molar-refractivity contribution >= 4 is 21.6 Å². The first-order valence-electron chi connectivity index (χ1n) is 4.45. The van der Waals surface area contributed by atoms with Crippen molar-refractivity contribution in [1.29, 1.82) is 0 Å². The second kappa shape index (κ2) is 6.23. The lowest BCUT2D eigenvalue weighted by Crippen LogP contribution is -2.10. The van der Waals surface area contributed by atoms with Crippen LogP contribution in [0, 0.1) is 10.8 Å². The third-order valence-electron chi connectivity index (χ3n) is 1.07. The largest absolute Gasteiger partial charge is 0.0936 e. The van der Waals surface area contributed by atoms with Gasteiger partial charge in [-0.25, -0.2) is 0 Å². The maximum atomic E-state index is 2.29. The van der Waals surface area contributed by atoms with Gasteiger partial charge in [-0.2, -0.15) is 0 Å². The number of hydrogen-bond acceptors (Lipinski definition) is 2. The van der Waals surface area contributed by atoms with Crippen molar-refractivity contribution in [2.45, 2.75) is 49.0 Å². The van der Waals surface area contributed by atoms with Gasteiger partial charge >= 0.3 is 0 Å². The van der Waals surface area contributed by atoms with Gasteiger partial charge in [0.05, 0.1) is 0 Å². The Balaban J connectivity index is 0. The Bertz CT molecular complexity index is 101. The molecule has 0 bridgehead atoms. The van der Waals surface area contributed by atoms with E-state index in [9.17, 15) is 0 Å². The summed E-state index contributed by atoms with van der Waals surface area (Å²) in [7, 11) is 4.01. The summed E-state index contributed by atoms with van der Waals surface area (Å²) in [6, 6.07) is 0. The molecule has 0 rings (SSSR count). The molecule has 0 radical (unpaired) electrons. The van der Waals surface area contributed by atoms with Crippen LogP contribution in [0.15, 0.2) is 0 Å². The van der Waals surface area contributed by atoms with E-state index in [1.54, 1.807) is 0 Å². The first kappa shape index (κ1) is 16.1. The molecule has 2 heteroatoms. The van der Waals surface area contributed by atoms with E-state index in [1.165, 1.54) is 11.5 Å². The molecule has 0 N–H and O–H groups in total. The van der Waals surface area contributed by atoms with Gasteiger partial charge in [-0.05, 0) is 10.8 Å². The first-order chi connectivity index (χ1) is 5.21. The zero-order valence-corrected chi connectivity index (χ0v) is 10.9. The Morgan fingerprint density at radius 1 is 0.692 bits per heavy atom. The van der Waals surface area contributed by atoms with Crippen molar-refractivity contribution in [3.8, 4) is 0 Å². The van der Waals surface area contributed by atoms with Gasteiger partial charge in [0.25, 0.3) is 0 Å². The predicted octanol–water partition coefficient (Wildman–Crippen LogP) is 5.10. The van der Waals surface area contributed by atoms with Crippen LogP contribution in [0.25, 0.3) is 0 Å². The molecule has 0 saturated heterocycles. The van der Waals surface area contributed by atoms with Crippen LogP contribution in [0.3, 0.4) is 0 Å². The van der Waals surface area contributed by atoms with Crippen LogP contribution in [0.4, 0.5) is 0 Å². The maximum Gasteiger partial charge on any atom is 0.00857 e. The van der Waals surface area contributed by atoms with Crippen LogP contribution in [-0.2, 0) is 0 Å².